The van der Waals surface area contributed by atoms with Crippen LogP contribution in [0.15, 0.2) is 36.9 Å². The van der Waals surface area contributed by atoms with E-state index in [1.165, 1.54) is 18.2 Å². The standard InChI is InChI=1S/C16H22O6Si/c1-3-9-21-15(18)13-7-4-5-8-14(13)16(19)22-10-6-11-23(2,20)12-17/h3-5,7-8,17,20H,1,6,9-12H2,2H3. The molecule has 0 fully saturated rings. The zero-order chi connectivity index (χ0) is 17.3. The number of hydrogen-bond donors (Lipinski definition) is 2. The Morgan fingerprint density at radius 2 is 1.78 bits per heavy atom. The van der Waals surface area contributed by atoms with Crippen molar-refractivity contribution in [2.24, 2.45) is 0 Å². The molecule has 23 heavy (non-hydrogen) atoms. The topological polar surface area (TPSA) is 93.1 Å². The molecule has 126 valence electrons. The van der Waals surface area contributed by atoms with Gasteiger partial charge in [0.25, 0.3) is 0 Å². The molecule has 1 rings (SSSR count). The van der Waals surface area contributed by atoms with Crippen LogP contribution in [0.5, 0.6) is 0 Å². The van der Waals surface area contributed by atoms with Crippen LogP contribution in [-0.2, 0) is 9.47 Å². The summed E-state index contributed by atoms with van der Waals surface area (Å²) in [4.78, 5) is 33.8. The Kier molecular flexibility index (Phi) is 7.67. The van der Waals surface area contributed by atoms with E-state index in [0.717, 1.165) is 0 Å². The number of benzene rings is 1. The summed E-state index contributed by atoms with van der Waals surface area (Å²) in [6.07, 6.45) is 1.67. The lowest BCUT2D eigenvalue weighted by atomic mass is 10.1. The number of ether oxygens (including phenoxy) is 2. The van der Waals surface area contributed by atoms with Gasteiger partial charge in [0.05, 0.1) is 24.0 Å². The van der Waals surface area contributed by atoms with Gasteiger partial charge < -0.3 is 19.4 Å². The predicted molar refractivity (Wildman–Crippen MR) is 87.6 cm³/mol. The summed E-state index contributed by atoms with van der Waals surface area (Å²) in [7, 11) is -2.59. The smallest absolute Gasteiger partial charge is 0.339 e. The molecule has 2 N–H and O–H groups in total. The number of aliphatic hydroxyl groups is 1. The van der Waals surface area contributed by atoms with Gasteiger partial charge in [-0.2, -0.15) is 0 Å². The van der Waals surface area contributed by atoms with Gasteiger partial charge >= 0.3 is 11.9 Å². The first kappa shape index (κ1) is 19.1. The number of carbonyl (C=O) groups is 2. The van der Waals surface area contributed by atoms with Crippen LogP contribution in [0, 0.1) is 0 Å². The van der Waals surface area contributed by atoms with Gasteiger partial charge in [-0.3, -0.25) is 0 Å². The van der Waals surface area contributed by atoms with E-state index in [0.29, 0.717) is 12.5 Å². The highest BCUT2D eigenvalue weighted by atomic mass is 28.4. The van der Waals surface area contributed by atoms with Crippen LogP contribution in [-0.4, -0.2) is 49.6 Å². The molecule has 1 unspecified atom stereocenters. The van der Waals surface area contributed by atoms with Gasteiger partial charge in [0.15, 0.2) is 0 Å². The number of aliphatic hydroxyl groups excluding tert-OH is 1. The van der Waals surface area contributed by atoms with Crippen molar-refractivity contribution in [2.75, 3.05) is 19.4 Å². The van der Waals surface area contributed by atoms with Crippen LogP contribution in [0.25, 0.3) is 0 Å². The third-order valence-electron chi connectivity index (χ3n) is 3.13. The Balaban J connectivity index is 2.62. The maximum absolute atomic E-state index is 12.1. The number of hydrogen-bond acceptors (Lipinski definition) is 6. The summed E-state index contributed by atoms with van der Waals surface area (Å²) in [5.74, 6) is -1.24. The van der Waals surface area contributed by atoms with Crippen molar-refractivity contribution < 1.29 is 29.0 Å². The van der Waals surface area contributed by atoms with Crippen molar-refractivity contribution in [3.8, 4) is 0 Å². The first-order valence-electron chi connectivity index (χ1n) is 7.28. The second kappa shape index (κ2) is 9.24. The third-order valence-corrected chi connectivity index (χ3v) is 5.24. The maximum Gasteiger partial charge on any atom is 0.339 e. The molecule has 6 nitrogen and oxygen atoms in total. The Hall–Kier alpha value is -1.96. The molecule has 0 aromatic heterocycles. The Morgan fingerprint density at radius 3 is 2.30 bits per heavy atom. The zero-order valence-corrected chi connectivity index (χ0v) is 14.2. The third kappa shape index (κ3) is 6.35. The molecule has 0 aliphatic carbocycles. The van der Waals surface area contributed by atoms with Crippen molar-refractivity contribution in [2.45, 2.75) is 19.0 Å². The van der Waals surface area contributed by atoms with E-state index in [-0.39, 0.29) is 30.6 Å². The summed E-state index contributed by atoms with van der Waals surface area (Å²) in [6, 6.07) is 6.67. The molecule has 0 saturated carbocycles. The molecule has 0 saturated heterocycles. The Bertz CT molecular complexity index is 555. The molecule has 0 bridgehead atoms. The number of carbonyl (C=O) groups excluding carboxylic acids is 2. The van der Waals surface area contributed by atoms with Gasteiger partial charge in [0.2, 0.25) is 8.32 Å². The second-order valence-electron chi connectivity index (χ2n) is 5.33. The fraction of sp³-hybridized carbons (Fsp3) is 0.375. The predicted octanol–water partition coefficient (Wildman–Crippen LogP) is 1.68. The first-order valence-corrected chi connectivity index (χ1v) is 10.1. The van der Waals surface area contributed by atoms with Gasteiger partial charge in [-0.1, -0.05) is 24.8 Å². The van der Waals surface area contributed by atoms with E-state index in [9.17, 15) is 14.4 Å². The summed E-state index contributed by atoms with van der Waals surface area (Å²) in [6.45, 7) is 5.26. The summed E-state index contributed by atoms with van der Waals surface area (Å²) >= 11 is 0. The van der Waals surface area contributed by atoms with Crippen LogP contribution in [0.1, 0.15) is 27.1 Å². The second-order valence-corrected chi connectivity index (χ2v) is 9.14. The normalized spacial score (nSPS) is 13.0. The van der Waals surface area contributed by atoms with E-state index in [4.69, 9.17) is 14.6 Å². The summed E-state index contributed by atoms with van der Waals surface area (Å²) in [5.41, 5.74) is 0.267. The zero-order valence-electron chi connectivity index (χ0n) is 13.2. The highest BCUT2D eigenvalue weighted by Crippen LogP contribution is 2.13. The molecule has 0 amide bonds. The van der Waals surface area contributed by atoms with E-state index in [1.807, 2.05) is 0 Å². The number of esters is 2. The fourth-order valence-electron chi connectivity index (χ4n) is 1.83. The van der Waals surface area contributed by atoms with Crippen molar-refractivity contribution in [1.82, 2.24) is 0 Å². The lowest BCUT2D eigenvalue weighted by Gasteiger charge is -2.16. The van der Waals surface area contributed by atoms with Crippen LogP contribution in [0.2, 0.25) is 12.6 Å². The van der Waals surface area contributed by atoms with Crippen molar-refractivity contribution in [3.05, 3.63) is 48.0 Å². The minimum absolute atomic E-state index is 0.0586. The van der Waals surface area contributed by atoms with E-state index >= 15 is 0 Å². The lowest BCUT2D eigenvalue weighted by molar-refractivity contribution is 0.0474. The number of rotatable bonds is 9. The quantitative estimate of drug-likeness (QED) is 0.308. The molecule has 0 radical (unpaired) electrons. The van der Waals surface area contributed by atoms with Gasteiger partial charge in [0, 0.05) is 0 Å². The minimum Gasteiger partial charge on any atom is -0.462 e. The van der Waals surface area contributed by atoms with Crippen LogP contribution in [0.3, 0.4) is 0 Å². The Labute approximate surface area is 136 Å². The highest BCUT2D eigenvalue weighted by molar-refractivity contribution is 6.71. The van der Waals surface area contributed by atoms with Gasteiger partial charge in [-0.25, -0.2) is 9.59 Å². The fourth-order valence-corrected chi connectivity index (χ4v) is 2.89. The minimum atomic E-state index is -2.59. The average molecular weight is 338 g/mol. The van der Waals surface area contributed by atoms with Gasteiger partial charge in [-0.05, 0) is 31.1 Å². The average Bonchev–Trinajstić information content (AvgIpc) is 2.56. The van der Waals surface area contributed by atoms with Gasteiger partial charge in [-0.15, -0.1) is 0 Å². The molecular formula is C16H22O6Si. The van der Waals surface area contributed by atoms with Crippen molar-refractivity contribution in [3.63, 3.8) is 0 Å². The molecule has 0 heterocycles. The monoisotopic (exact) mass is 338 g/mol. The largest absolute Gasteiger partial charge is 0.462 e. The SMILES string of the molecule is C=CCOC(=O)c1ccccc1C(=O)OCCC[Si](C)(O)CO. The van der Waals surface area contributed by atoms with Crippen LogP contribution >= 0.6 is 0 Å². The molecule has 7 heteroatoms. The molecule has 0 spiro atoms. The van der Waals surface area contributed by atoms with Crippen LogP contribution in [0.4, 0.5) is 0 Å². The maximum atomic E-state index is 12.1. The first-order chi connectivity index (χ1) is 10.9. The van der Waals surface area contributed by atoms with E-state index in [1.54, 1.807) is 18.7 Å². The van der Waals surface area contributed by atoms with Crippen molar-refractivity contribution >= 4 is 20.3 Å². The molecule has 0 aliphatic rings. The molecule has 1 aromatic carbocycles. The summed E-state index contributed by atoms with van der Waals surface area (Å²) < 4.78 is 10.1. The van der Waals surface area contributed by atoms with Crippen molar-refractivity contribution in [1.29, 1.82) is 0 Å². The highest BCUT2D eigenvalue weighted by Gasteiger charge is 2.23. The van der Waals surface area contributed by atoms with Gasteiger partial charge in [0.1, 0.15) is 6.61 Å². The lowest BCUT2D eigenvalue weighted by Crippen LogP contribution is -2.35. The van der Waals surface area contributed by atoms with E-state index in [2.05, 4.69) is 6.58 Å². The van der Waals surface area contributed by atoms with Crippen LogP contribution < -0.4 is 0 Å². The molecule has 0 aliphatic heterocycles. The summed E-state index contributed by atoms with van der Waals surface area (Å²) in [5, 5.41) is 8.99. The molecular weight excluding hydrogens is 316 g/mol. The van der Waals surface area contributed by atoms with E-state index < -0.39 is 20.3 Å². The Morgan fingerprint density at radius 1 is 1.22 bits per heavy atom. The molecule has 1 atom stereocenters. The molecule has 1 aromatic rings.